The summed E-state index contributed by atoms with van der Waals surface area (Å²) in [5.74, 6) is -0.369. The van der Waals surface area contributed by atoms with E-state index < -0.39 is 4.92 Å². The van der Waals surface area contributed by atoms with Gasteiger partial charge in [-0.25, -0.2) is 5.43 Å². The minimum atomic E-state index is -0.497. The van der Waals surface area contributed by atoms with Gasteiger partial charge >= 0.3 is 0 Å². The molecule has 23 heavy (non-hydrogen) atoms. The van der Waals surface area contributed by atoms with Crippen molar-refractivity contribution < 1.29 is 9.72 Å². The second-order valence-corrected chi connectivity index (χ2v) is 4.89. The number of carbonyl (C=O) groups is 1. The van der Waals surface area contributed by atoms with Crippen molar-refractivity contribution in [1.82, 2.24) is 5.43 Å². The summed E-state index contributed by atoms with van der Waals surface area (Å²) in [6.45, 7) is -0.00396. The third-order valence-electron chi connectivity index (χ3n) is 2.80. The third-order valence-corrected chi connectivity index (χ3v) is 3.13. The lowest BCUT2D eigenvalue weighted by molar-refractivity contribution is -0.384. The van der Waals surface area contributed by atoms with Crippen LogP contribution in [0.3, 0.4) is 0 Å². The molecule has 0 heterocycles. The Morgan fingerprint density at radius 1 is 1.26 bits per heavy atom. The molecule has 2 rings (SSSR count). The highest BCUT2D eigenvalue weighted by molar-refractivity contribution is 6.33. The first-order chi connectivity index (χ1) is 11.1. The quantitative estimate of drug-likeness (QED) is 0.483. The van der Waals surface area contributed by atoms with Crippen LogP contribution in [0.15, 0.2) is 53.6 Å². The van der Waals surface area contributed by atoms with Gasteiger partial charge in [-0.15, -0.1) is 0 Å². The van der Waals surface area contributed by atoms with Crippen LogP contribution >= 0.6 is 11.6 Å². The van der Waals surface area contributed by atoms with Crippen molar-refractivity contribution in [3.63, 3.8) is 0 Å². The van der Waals surface area contributed by atoms with Crippen LogP contribution in [0.1, 0.15) is 5.56 Å². The number of hydrogen-bond acceptors (Lipinski definition) is 5. The monoisotopic (exact) mass is 332 g/mol. The van der Waals surface area contributed by atoms with Crippen molar-refractivity contribution in [3.05, 3.63) is 69.2 Å². The van der Waals surface area contributed by atoms with Crippen LogP contribution in [0, 0.1) is 10.1 Å². The van der Waals surface area contributed by atoms with E-state index in [1.807, 2.05) is 0 Å². The van der Waals surface area contributed by atoms with Gasteiger partial charge in [0.2, 0.25) is 0 Å². The molecule has 0 atom stereocenters. The highest BCUT2D eigenvalue weighted by Gasteiger charge is 2.04. The molecular formula is C15H13ClN4O3. The summed E-state index contributed by atoms with van der Waals surface area (Å²) in [4.78, 5) is 21.8. The first-order valence-electron chi connectivity index (χ1n) is 6.61. The molecule has 7 nitrogen and oxygen atoms in total. The number of para-hydroxylation sites is 1. The van der Waals surface area contributed by atoms with Crippen molar-refractivity contribution in [3.8, 4) is 0 Å². The molecule has 1 amide bonds. The zero-order valence-electron chi connectivity index (χ0n) is 11.9. The number of carbonyl (C=O) groups excluding carboxylic acids is 1. The number of nitrogens with one attached hydrogen (secondary N) is 2. The molecule has 2 aromatic carbocycles. The molecule has 2 aromatic rings. The van der Waals surface area contributed by atoms with E-state index in [4.69, 9.17) is 11.6 Å². The summed E-state index contributed by atoms with van der Waals surface area (Å²) in [6.07, 6.45) is 1.33. The second kappa shape index (κ2) is 7.90. The third kappa shape index (κ3) is 5.08. The maximum atomic E-state index is 11.7. The summed E-state index contributed by atoms with van der Waals surface area (Å²) in [5.41, 5.74) is 3.44. The molecule has 118 valence electrons. The van der Waals surface area contributed by atoms with Gasteiger partial charge in [-0.3, -0.25) is 14.9 Å². The first kappa shape index (κ1) is 16.4. The van der Waals surface area contributed by atoms with E-state index >= 15 is 0 Å². The molecule has 8 heteroatoms. The average molecular weight is 333 g/mol. The molecule has 2 N–H and O–H groups in total. The van der Waals surface area contributed by atoms with Gasteiger partial charge < -0.3 is 5.32 Å². The summed E-state index contributed by atoms with van der Waals surface area (Å²) < 4.78 is 0. The molecule has 0 aliphatic rings. The maximum Gasteiger partial charge on any atom is 0.270 e. The van der Waals surface area contributed by atoms with E-state index in [-0.39, 0.29) is 18.1 Å². The summed E-state index contributed by atoms with van der Waals surface area (Å²) in [5, 5.41) is 17.8. The van der Waals surface area contributed by atoms with Gasteiger partial charge in [-0.05, 0) is 12.1 Å². The molecule has 0 radical (unpaired) electrons. The highest BCUT2D eigenvalue weighted by atomic mass is 35.5. The Morgan fingerprint density at radius 3 is 2.78 bits per heavy atom. The summed E-state index contributed by atoms with van der Waals surface area (Å²) in [7, 11) is 0. The van der Waals surface area contributed by atoms with E-state index in [1.54, 1.807) is 36.4 Å². The van der Waals surface area contributed by atoms with Crippen LogP contribution in [0.5, 0.6) is 0 Å². The lowest BCUT2D eigenvalue weighted by atomic mass is 10.2. The molecule has 0 bridgehead atoms. The van der Waals surface area contributed by atoms with Crippen LogP contribution in [0.4, 0.5) is 11.4 Å². The normalized spacial score (nSPS) is 10.5. The molecule has 0 spiro atoms. The van der Waals surface area contributed by atoms with Crippen LogP contribution in [0.2, 0.25) is 5.02 Å². The zero-order chi connectivity index (χ0) is 16.7. The van der Waals surface area contributed by atoms with Gasteiger partial charge in [-0.1, -0.05) is 35.9 Å². The van der Waals surface area contributed by atoms with Crippen LogP contribution < -0.4 is 10.7 Å². The molecule has 0 saturated heterocycles. The Balaban J connectivity index is 1.85. The number of nitrogens with zero attached hydrogens (tertiary/aromatic N) is 2. The second-order valence-electron chi connectivity index (χ2n) is 4.48. The fraction of sp³-hybridized carbons (Fsp3) is 0.0667. The molecule has 0 aliphatic carbocycles. The topological polar surface area (TPSA) is 96.6 Å². The Kier molecular flexibility index (Phi) is 5.65. The number of benzene rings is 2. The van der Waals surface area contributed by atoms with Gasteiger partial charge in [0, 0.05) is 17.7 Å². The maximum absolute atomic E-state index is 11.7. The molecule has 0 unspecified atom stereocenters. The van der Waals surface area contributed by atoms with Gasteiger partial charge in [0.05, 0.1) is 28.4 Å². The van der Waals surface area contributed by atoms with Crippen molar-refractivity contribution in [1.29, 1.82) is 0 Å². The van der Waals surface area contributed by atoms with E-state index in [9.17, 15) is 14.9 Å². The van der Waals surface area contributed by atoms with Crippen LogP contribution in [0.25, 0.3) is 0 Å². The number of rotatable bonds is 6. The number of amides is 1. The minimum absolute atomic E-state index is 0.00396. The SMILES string of the molecule is O=C(CNc1ccccc1Cl)N/N=C\c1cccc([N+](=O)[O-])c1. The average Bonchev–Trinajstić information content (AvgIpc) is 2.54. The fourth-order valence-electron chi connectivity index (χ4n) is 1.72. The molecule has 0 saturated carbocycles. The zero-order valence-corrected chi connectivity index (χ0v) is 12.7. The van der Waals surface area contributed by atoms with E-state index in [0.717, 1.165) is 0 Å². The largest absolute Gasteiger partial charge is 0.375 e. The number of nitro benzene ring substituents is 1. The molecule has 0 fully saturated rings. The van der Waals surface area contributed by atoms with Gasteiger partial charge in [0.25, 0.3) is 11.6 Å². The first-order valence-corrected chi connectivity index (χ1v) is 6.99. The van der Waals surface area contributed by atoms with Gasteiger partial charge in [-0.2, -0.15) is 5.10 Å². The van der Waals surface area contributed by atoms with Crippen LogP contribution in [-0.4, -0.2) is 23.6 Å². The lowest BCUT2D eigenvalue weighted by Gasteiger charge is -2.06. The minimum Gasteiger partial charge on any atom is -0.375 e. The van der Waals surface area contributed by atoms with Crippen molar-refractivity contribution in [2.24, 2.45) is 5.10 Å². The van der Waals surface area contributed by atoms with Gasteiger partial charge in [0.15, 0.2) is 0 Å². The van der Waals surface area contributed by atoms with Gasteiger partial charge in [0.1, 0.15) is 0 Å². The number of hydrazone groups is 1. The predicted molar refractivity (Wildman–Crippen MR) is 88.8 cm³/mol. The standard InChI is InChI=1S/C15H13ClN4O3/c16-13-6-1-2-7-14(13)17-10-15(21)19-18-9-11-4-3-5-12(8-11)20(22)23/h1-9,17H,10H2,(H,19,21)/b18-9-. The molecular weight excluding hydrogens is 320 g/mol. The highest BCUT2D eigenvalue weighted by Crippen LogP contribution is 2.19. The van der Waals surface area contributed by atoms with Crippen molar-refractivity contribution in [2.75, 3.05) is 11.9 Å². The van der Waals surface area contributed by atoms with Crippen LogP contribution in [-0.2, 0) is 4.79 Å². The van der Waals surface area contributed by atoms with Crippen molar-refractivity contribution >= 4 is 35.1 Å². The van der Waals surface area contributed by atoms with E-state index in [1.165, 1.54) is 18.3 Å². The van der Waals surface area contributed by atoms with E-state index in [0.29, 0.717) is 16.3 Å². The van der Waals surface area contributed by atoms with Crippen molar-refractivity contribution in [2.45, 2.75) is 0 Å². The Bertz CT molecular complexity index is 749. The number of hydrogen-bond donors (Lipinski definition) is 2. The Morgan fingerprint density at radius 2 is 2.04 bits per heavy atom. The molecule has 0 aromatic heterocycles. The number of halogens is 1. The summed E-state index contributed by atoms with van der Waals surface area (Å²) in [6, 6.07) is 13.0. The Hall–Kier alpha value is -2.93. The summed E-state index contributed by atoms with van der Waals surface area (Å²) >= 11 is 5.95. The molecule has 0 aliphatic heterocycles. The lowest BCUT2D eigenvalue weighted by Crippen LogP contribution is -2.25. The predicted octanol–water partition coefficient (Wildman–Crippen LogP) is 2.81. The fourth-order valence-corrected chi connectivity index (χ4v) is 1.92. The van der Waals surface area contributed by atoms with E-state index in [2.05, 4.69) is 15.8 Å². The Labute approximate surface area is 137 Å². The smallest absolute Gasteiger partial charge is 0.270 e. The number of non-ortho nitro benzene ring substituents is 1. The number of anilines is 1. The number of nitro groups is 1.